The maximum atomic E-state index is 14.2. The maximum Gasteiger partial charge on any atom is 0.491 e. The van der Waals surface area contributed by atoms with Crippen LogP contribution in [0.4, 0.5) is 18.9 Å². The number of alkyl halides is 3. The molecule has 37 heavy (non-hydrogen) atoms. The number of carboxylic acids is 1. The number of aromatic nitrogens is 1. The number of carbonyl (C=O) groups is 2. The first-order chi connectivity index (χ1) is 17.6. The molecule has 0 atom stereocenters. The molecule has 1 amide bonds. The van der Waals surface area contributed by atoms with Gasteiger partial charge in [-0.1, -0.05) is 59.6 Å². The fourth-order valence-corrected chi connectivity index (χ4v) is 3.86. The summed E-state index contributed by atoms with van der Waals surface area (Å²) in [6, 6.07) is 18.7. The first kappa shape index (κ1) is 26.0. The summed E-state index contributed by atoms with van der Waals surface area (Å²) < 4.78 is 48.3. The lowest BCUT2D eigenvalue weighted by atomic mass is 10.0. The lowest BCUT2D eigenvalue weighted by Gasteiger charge is -2.26. The molecule has 3 aromatic carbocycles. The summed E-state index contributed by atoms with van der Waals surface area (Å²) in [5.74, 6) is -3.00. The number of ether oxygens (including phenoxy) is 1. The number of para-hydroxylation sites is 1. The van der Waals surface area contributed by atoms with Gasteiger partial charge in [-0.15, -0.1) is 13.2 Å². The van der Waals surface area contributed by atoms with E-state index in [4.69, 9.17) is 33.0 Å². The third kappa shape index (κ3) is 5.68. The number of hydrogen-bond acceptors (Lipinski definition) is 4. The van der Waals surface area contributed by atoms with E-state index in [1.165, 1.54) is 24.3 Å². The Kier molecular flexibility index (Phi) is 7.37. The second kappa shape index (κ2) is 10.5. The van der Waals surface area contributed by atoms with E-state index >= 15 is 0 Å². The molecule has 1 heterocycles. The van der Waals surface area contributed by atoms with E-state index in [1.807, 2.05) is 0 Å². The van der Waals surface area contributed by atoms with Crippen LogP contribution in [-0.2, 0) is 0 Å². The van der Waals surface area contributed by atoms with Crippen molar-refractivity contribution < 1.29 is 32.6 Å². The molecule has 0 radical (unpaired) electrons. The van der Waals surface area contributed by atoms with E-state index in [-0.39, 0.29) is 16.5 Å². The summed E-state index contributed by atoms with van der Waals surface area (Å²) in [5.41, 5.74) is -0.774. The maximum absolute atomic E-state index is 14.2. The zero-order valence-corrected chi connectivity index (χ0v) is 20.1. The van der Waals surface area contributed by atoms with Gasteiger partial charge in [0.25, 0.3) is 5.91 Å². The van der Waals surface area contributed by atoms with Crippen molar-refractivity contribution in [1.82, 2.24) is 4.98 Å². The Balaban J connectivity index is 1.87. The first-order valence-corrected chi connectivity index (χ1v) is 11.2. The predicted molar refractivity (Wildman–Crippen MR) is 132 cm³/mol. The molecule has 0 fully saturated rings. The van der Waals surface area contributed by atoms with Crippen LogP contribution in [0.15, 0.2) is 85.1 Å². The largest absolute Gasteiger partial charge is 0.491 e. The average Bonchev–Trinajstić information content (AvgIpc) is 2.85. The van der Waals surface area contributed by atoms with Crippen molar-refractivity contribution in [2.75, 3.05) is 4.90 Å². The van der Waals surface area contributed by atoms with Gasteiger partial charge in [-0.2, -0.15) is 0 Å². The van der Waals surface area contributed by atoms with E-state index in [0.29, 0.717) is 22.3 Å². The van der Waals surface area contributed by atoms with Crippen LogP contribution in [0.3, 0.4) is 0 Å². The monoisotopic (exact) mass is 546 g/mol. The van der Waals surface area contributed by atoms with Gasteiger partial charge < -0.3 is 9.84 Å². The Labute approximate surface area is 218 Å². The van der Waals surface area contributed by atoms with Crippen molar-refractivity contribution in [3.05, 3.63) is 106 Å². The number of nitrogens with zero attached hydrogens (tertiary/aromatic N) is 2. The van der Waals surface area contributed by atoms with Gasteiger partial charge in [0.15, 0.2) is 0 Å². The third-order valence-corrected chi connectivity index (χ3v) is 5.78. The molecule has 0 aliphatic rings. The molecule has 0 unspecified atom stereocenters. The molecule has 0 aliphatic heterocycles. The highest BCUT2D eigenvalue weighted by atomic mass is 35.5. The smallest absolute Gasteiger partial charge is 0.477 e. The van der Waals surface area contributed by atoms with Crippen LogP contribution in [0.1, 0.15) is 20.8 Å². The van der Waals surface area contributed by atoms with Crippen molar-refractivity contribution in [1.29, 1.82) is 0 Å². The second-order valence-electron chi connectivity index (χ2n) is 7.54. The molecule has 6 nitrogen and oxygen atoms in total. The summed E-state index contributed by atoms with van der Waals surface area (Å²) >= 11 is 12.4. The van der Waals surface area contributed by atoms with Gasteiger partial charge in [0.1, 0.15) is 17.2 Å². The van der Waals surface area contributed by atoms with Gasteiger partial charge in [0.05, 0.1) is 22.5 Å². The standard InChI is InChI=1S/C26H15Cl2F3N2O4/c27-19-6-2-1-5-17(19)15-9-12-22(37-23-8-4-3-7-20(23)28)18(13-15)24(34)33(26(29,30)31)16-10-11-21(25(35)36)32-14-16/h1-14H,(H,35,36). The van der Waals surface area contributed by atoms with Gasteiger partial charge in [0, 0.05) is 10.6 Å². The third-order valence-electron chi connectivity index (χ3n) is 5.13. The normalized spacial score (nSPS) is 11.2. The van der Waals surface area contributed by atoms with Gasteiger partial charge in [-0.3, -0.25) is 4.79 Å². The first-order valence-electron chi connectivity index (χ1n) is 10.5. The number of halogens is 5. The Morgan fingerprint density at radius 3 is 2.14 bits per heavy atom. The van der Waals surface area contributed by atoms with Crippen molar-refractivity contribution in [3.63, 3.8) is 0 Å². The summed E-state index contributed by atoms with van der Waals surface area (Å²) in [6.07, 6.45) is -4.53. The van der Waals surface area contributed by atoms with E-state index < -0.39 is 40.0 Å². The number of benzene rings is 3. The highest BCUT2D eigenvalue weighted by Crippen LogP contribution is 2.38. The van der Waals surface area contributed by atoms with Crippen LogP contribution in [0.25, 0.3) is 11.1 Å². The molecule has 1 aromatic heterocycles. The Bertz CT molecular complexity index is 1480. The molecule has 0 saturated carbocycles. The zero-order valence-electron chi connectivity index (χ0n) is 18.5. The topological polar surface area (TPSA) is 79.7 Å². The molecule has 188 valence electrons. The highest BCUT2D eigenvalue weighted by molar-refractivity contribution is 6.33. The predicted octanol–water partition coefficient (Wildman–Crippen LogP) is 7.71. The zero-order chi connectivity index (χ0) is 26.7. The molecule has 4 rings (SSSR count). The number of amides is 1. The fourth-order valence-electron chi connectivity index (χ4n) is 3.44. The van der Waals surface area contributed by atoms with E-state index in [2.05, 4.69) is 4.98 Å². The molecule has 0 aliphatic carbocycles. The van der Waals surface area contributed by atoms with E-state index in [9.17, 15) is 22.8 Å². The Morgan fingerprint density at radius 2 is 1.54 bits per heavy atom. The van der Waals surface area contributed by atoms with Crippen LogP contribution < -0.4 is 9.64 Å². The number of anilines is 1. The number of aromatic carboxylic acids is 1. The SMILES string of the molecule is O=C(O)c1ccc(N(C(=O)c2cc(-c3ccccc3Cl)ccc2Oc2ccccc2Cl)C(F)(F)F)cn1. The van der Waals surface area contributed by atoms with Gasteiger partial charge >= 0.3 is 12.3 Å². The molecule has 0 bridgehead atoms. The molecule has 1 N–H and O–H groups in total. The number of hydrogen-bond donors (Lipinski definition) is 1. The minimum atomic E-state index is -5.19. The molecular weight excluding hydrogens is 532 g/mol. The summed E-state index contributed by atoms with van der Waals surface area (Å²) in [5, 5.41) is 9.52. The molecular formula is C26H15Cl2F3N2O4. The molecule has 4 aromatic rings. The van der Waals surface area contributed by atoms with Crippen molar-refractivity contribution in [2.24, 2.45) is 0 Å². The Morgan fingerprint density at radius 1 is 0.865 bits per heavy atom. The molecule has 11 heteroatoms. The summed E-state index contributed by atoms with van der Waals surface area (Å²) in [4.78, 5) is 27.6. The molecule has 0 saturated heterocycles. The number of rotatable bonds is 6. The van der Waals surface area contributed by atoms with Gasteiger partial charge in [-0.25, -0.2) is 14.7 Å². The average molecular weight is 547 g/mol. The second-order valence-corrected chi connectivity index (χ2v) is 8.35. The summed E-state index contributed by atoms with van der Waals surface area (Å²) in [6.45, 7) is 0. The van der Waals surface area contributed by atoms with Gasteiger partial charge in [-0.05, 0) is 48.0 Å². The molecule has 0 spiro atoms. The van der Waals surface area contributed by atoms with Crippen molar-refractivity contribution in [3.8, 4) is 22.6 Å². The quantitative estimate of drug-likeness (QED) is 0.250. The highest BCUT2D eigenvalue weighted by Gasteiger charge is 2.44. The fraction of sp³-hybridized carbons (Fsp3) is 0.0385. The van der Waals surface area contributed by atoms with Crippen LogP contribution in [0, 0.1) is 0 Å². The minimum Gasteiger partial charge on any atom is -0.477 e. The number of carbonyl (C=O) groups excluding carboxylic acids is 1. The van der Waals surface area contributed by atoms with Gasteiger partial charge in [0.2, 0.25) is 0 Å². The number of pyridine rings is 1. The Hall–Kier alpha value is -4.08. The lowest BCUT2D eigenvalue weighted by molar-refractivity contribution is -0.122. The summed E-state index contributed by atoms with van der Waals surface area (Å²) in [7, 11) is 0. The van der Waals surface area contributed by atoms with E-state index in [0.717, 1.165) is 12.1 Å². The minimum absolute atomic E-state index is 0.120. The van der Waals surface area contributed by atoms with Crippen molar-refractivity contribution >= 4 is 40.8 Å². The van der Waals surface area contributed by atoms with E-state index in [1.54, 1.807) is 42.5 Å². The lowest BCUT2D eigenvalue weighted by Crippen LogP contribution is -2.43. The van der Waals surface area contributed by atoms with Crippen LogP contribution in [0.5, 0.6) is 11.5 Å². The number of carboxylic acid groups (broad SMARTS) is 1. The van der Waals surface area contributed by atoms with Crippen LogP contribution in [-0.4, -0.2) is 28.3 Å². The van der Waals surface area contributed by atoms with Crippen molar-refractivity contribution in [2.45, 2.75) is 6.30 Å². The van der Waals surface area contributed by atoms with Crippen LogP contribution in [0.2, 0.25) is 10.0 Å². The van der Waals surface area contributed by atoms with Crippen LogP contribution >= 0.6 is 23.2 Å².